The van der Waals surface area contributed by atoms with Gasteiger partial charge in [-0.1, -0.05) is 6.42 Å². The topological polar surface area (TPSA) is 85.1 Å². The number of fused-ring (bicyclic) bond motifs is 1. The molecule has 1 aliphatic heterocycles. The Kier molecular flexibility index (Phi) is 4.29. The maximum Gasteiger partial charge on any atom is 0.316 e. The Balaban J connectivity index is 1.58. The highest BCUT2D eigenvalue weighted by molar-refractivity contribution is 7.92. The van der Waals surface area contributed by atoms with E-state index >= 15 is 0 Å². The molecule has 1 N–H and O–H groups in total. The minimum absolute atomic E-state index is 0.0700. The molecule has 7 nitrogen and oxygen atoms in total. The summed E-state index contributed by atoms with van der Waals surface area (Å²) in [6.45, 7) is 0.413. The lowest BCUT2D eigenvalue weighted by atomic mass is 9.98. The van der Waals surface area contributed by atoms with Gasteiger partial charge in [-0.3, -0.25) is 0 Å². The number of sulfonamides is 1. The zero-order valence-electron chi connectivity index (χ0n) is 13.9. The normalized spacial score (nSPS) is 19.7. The number of rotatable bonds is 3. The van der Waals surface area contributed by atoms with Crippen LogP contribution in [0.4, 0.5) is 5.82 Å². The van der Waals surface area contributed by atoms with Crippen molar-refractivity contribution in [2.24, 2.45) is 0 Å². The summed E-state index contributed by atoms with van der Waals surface area (Å²) >= 11 is 0. The van der Waals surface area contributed by atoms with Crippen molar-refractivity contribution in [3.05, 3.63) is 30.7 Å². The van der Waals surface area contributed by atoms with Crippen molar-refractivity contribution in [3.8, 4) is 17.1 Å². The van der Waals surface area contributed by atoms with Crippen molar-refractivity contribution in [2.75, 3.05) is 10.5 Å². The van der Waals surface area contributed by atoms with Crippen LogP contribution in [0.5, 0.6) is 5.88 Å². The molecule has 4 rings (SSSR count). The predicted molar refractivity (Wildman–Crippen MR) is 92.6 cm³/mol. The van der Waals surface area contributed by atoms with Crippen LogP contribution in [0.3, 0.4) is 0 Å². The number of aromatic nitrogens is 3. The minimum atomic E-state index is -3.31. The molecule has 0 spiro atoms. The van der Waals surface area contributed by atoms with E-state index in [2.05, 4.69) is 14.7 Å². The summed E-state index contributed by atoms with van der Waals surface area (Å²) in [5.41, 5.74) is 1.33. The zero-order valence-corrected chi connectivity index (χ0v) is 14.7. The van der Waals surface area contributed by atoms with Crippen molar-refractivity contribution in [3.63, 3.8) is 0 Å². The standard InChI is InChI=1S/C17H20N4O3S/c22-25(23)11-10-21-9-8-18-16(17(21)20-25)13-6-7-15(19-12-13)24-14-4-2-1-3-5-14/h6-9,12,14H,1-5,10-11H2/p+1. The molecule has 1 aliphatic carbocycles. The van der Waals surface area contributed by atoms with Crippen LogP contribution in [0.1, 0.15) is 32.1 Å². The number of pyridine rings is 1. The molecule has 8 heteroatoms. The summed E-state index contributed by atoms with van der Waals surface area (Å²) in [7, 11) is -3.31. The summed E-state index contributed by atoms with van der Waals surface area (Å²) in [5, 5.41) is 0. The first-order valence-electron chi connectivity index (χ1n) is 8.63. The molecule has 0 saturated heterocycles. The number of nitrogens with one attached hydrogen (secondary N) is 1. The van der Waals surface area contributed by atoms with Gasteiger partial charge < -0.3 is 4.74 Å². The first-order valence-corrected chi connectivity index (χ1v) is 10.3. The van der Waals surface area contributed by atoms with Gasteiger partial charge in [0.05, 0.1) is 6.20 Å². The van der Waals surface area contributed by atoms with Gasteiger partial charge in [0.15, 0.2) is 5.69 Å². The average Bonchev–Trinajstić information content (AvgIpc) is 2.62. The molecule has 0 atom stereocenters. The summed E-state index contributed by atoms with van der Waals surface area (Å²) < 4.78 is 34.2. The maximum atomic E-state index is 11.9. The van der Waals surface area contributed by atoms with Gasteiger partial charge in [-0.05, 0) is 31.7 Å². The summed E-state index contributed by atoms with van der Waals surface area (Å²) in [4.78, 5) is 8.73. The van der Waals surface area contributed by atoms with E-state index in [9.17, 15) is 8.42 Å². The maximum absolute atomic E-state index is 11.9. The van der Waals surface area contributed by atoms with Gasteiger partial charge in [0.2, 0.25) is 5.88 Å². The molecule has 132 valence electrons. The zero-order chi connectivity index (χ0) is 17.3. The summed E-state index contributed by atoms with van der Waals surface area (Å²) in [6, 6.07) is 3.70. The van der Waals surface area contributed by atoms with Crippen molar-refractivity contribution in [1.29, 1.82) is 0 Å². The van der Waals surface area contributed by atoms with Gasteiger partial charge in [0.25, 0.3) is 0 Å². The monoisotopic (exact) mass is 361 g/mol. The first-order chi connectivity index (χ1) is 12.1. The van der Waals surface area contributed by atoms with E-state index in [1.54, 1.807) is 18.6 Å². The lowest BCUT2D eigenvalue weighted by Crippen LogP contribution is -2.47. The van der Waals surface area contributed by atoms with E-state index in [4.69, 9.17) is 4.74 Å². The van der Waals surface area contributed by atoms with Crippen LogP contribution in [-0.4, -0.2) is 30.2 Å². The Morgan fingerprint density at radius 3 is 2.76 bits per heavy atom. The predicted octanol–water partition coefficient (Wildman–Crippen LogP) is 1.90. The van der Waals surface area contributed by atoms with Crippen LogP contribution in [0.15, 0.2) is 30.7 Å². The Hall–Kier alpha value is -2.22. The summed E-state index contributed by atoms with van der Waals surface area (Å²) in [6.07, 6.45) is 11.2. The SMILES string of the molecule is O=S1(=O)CC[n+]2ccnc(-c3ccc(OC4CCCCC4)nc3)c2N1. The molecule has 2 aromatic rings. The molecular weight excluding hydrogens is 340 g/mol. The van der Waals surface area contributed by atoms with Crippen LogP contribution in [0.25, 0.3) is 11.3 Å². The van der Waals surface area contributed by atoms with E-state index in [1.807, 2.05) is 16.7 Å². The molecular formula is C17H21N4O3S+. The van der Waals surface area contributed by atoms with Crippen molar-refractivity contribution in [2.45, 2.75) is 44.8 Å². The summed E-state index contributed by atoms with van der Waals surface area (Å²) in [5.74, 6) is 1.16. The third-order valence-corrected chi connectivity index (χ3v) is 5.89. The number of hydrogen-bond donors (Lipinski definition) is 1. The lowest BCUT2D eigenvalue weighted by molar-refractivity contribution is -0.679. The Bertz CT molecular complexity index is 862. The largest absolute Gasteiger partial charge is 0.474 e. The van der Waals surface area contributed by atoms with Gasteiger partial charge in [-0.2, -0.15) is 13.1 Å². The van der Waals surface area contributed by atoms with E-state index in [-0.39, 0.29) is 11.9 Å². The number of hydrogen-bond acceptors (Lipinski definition) is 5. The van der Waals surface area contributed by atoms with Crippen LogP contribution in [0.2, 0.25) is 0 Å². The third kappa shape index (κ3) is 3.58. The first kappa shape index (κ1) is 16.3. The molecule has 1 saturated carbocycles. The Labute approximate surface area is 147 Å². The quantitative estimate of drug-likeness (QED) is 0.844. The lowest BCUT2D eigenvalue weighted by Gasteiger charge is -2.22. The van der Waals surface area contributed by atoms with Gasteiger partial charge in [0.1, 0.15) is 24.6 Å². The van der Waals surface area contributed by atoms with E-state index in [0.717, 1.165) is 18.4 Å². The third-order valence-electron chi connectivity index (χ3n) is 4.66. The smallest absolute Gasteiger partial charge is 0.316 e. The Morgan fingerprint density at radius 2 is 2.00 bits per heavy atom. The molecule has 25 heavy (non-hydrogen) atoms. The average molecular weight is 361 g/mol. The second kappa shape index (κ2) is 6.59. The highest BCUT2D eigenvalue weighted by atomic mass is 32.2. The van der Waals surface area contributed by atoms with Gasteiger partial charge >= 0.3 is 15.8 Å². The fourth-order valence-corrected chi connectivity index (χ4v) is 4.37. The van der Waals surface area contributed by atoms with Gasteiger partial charge in [-0.25, -0.2) is 14.5 Å². The van der Waals surface area contributed by atoms with Crippen LogP contribution >= 0.6 is 0 Å². The van der Waals surface area contributed by atoms with Crippen LogP contribution in [-0.2, 0) is 16.6 Å². The minimum Gasteiger partial charge on any atom is -0.474 e. The molecule has 3 heterocycles. The van der Waals surface area contributed by atoms with E-state index in [0.29, 0.717) is 23.9 Å². The second-order valence-electron chi connectivity index (χ2n) is 6.50. The molecule has 0 bridgehead atoms. The Morgan fingerprint density at radius 1 is 1.16 bits per heavy atom. The molecule has 0 unspecified atom stereocenters. The highest BCUT2D eigenvalue weighted by Crippen LogP contribution is 2.27. The highest BCUT2D eigenvalue weighted by Gasteiger charge is 2.31. The van der Waals surface area contributed by atoms with Crippen molar-refractivity contribution in [1.82, 2.24) is 9.97 Å². The molecule has 2 aromatic heterocycles. The van der Waals surface area contributed by atoms with Gasteiger partial charge in [0, 0.05) is 17.8 Å². The van der Waals surface area contributed by atoms with Crippen molar-refractivity contribution < 1.29 is 17.7 Å². The molecule has 0 aromatic carbocycles. The van der Waals surface area contributed by atoms with Crippen LogP contribution in [0, 0.1) is 0 Å². The van der Waals surface area contributed by atoms with Gasteiger partial charge in [-0.15, -0.1) is 0 Å². The fourth-order valence-electron chi connectivity index (χ4n) is 3.33. The van der Waals surface area contributed by atoms with E-state index < -0.39 is 10.0 Å². The molecule has 1 fully saturated rings. The van der Waals surface area contributed by atoms with Crippen LogP contribution < -0.4 is 14.0 Å². The molecule has 0 radical (unpaired) electrons. The second-order valence-corrected chi connectivity index (χ2v) is 8.34. The van der Waals surface area contributed by atoms with Crippen molar-refractivity contribution >= 4 is 15.8 Å². The number of anilines is 1. The molecule has 2 aliphatic rings. The van der Waals surface area contributed by atoms with E-state index in [1.165, 1.54) is 19.3 Å². The number of ether oxygens (including phenoxy) is 1. The fraction of sp³-hybridized carbons (Fsp3) is 0.471. The number of aryl methyl sites for hydroxylation is 1. The number of nitrogens with zero attached hydrogens (tertiary/aromatic N) is 3. The molecule has 0 amide bonds.